The fourth-order valence-electron chi connectivity index (χ4n) is 1.42. The average Bonchev–Trinajstić information content (AvgIpc) is 2.66. The van der Waals surface area contributed by atoms with Crippen LogP contribution in [-0.2, 0) is 16.1 Å². The molecular formula is C13H20O5. The molecule has 1 aromatic heterocycles. The van der Waals surface area contributed by atoms with Crippen molar-refractivity contribution in [2.24, 2.45) is 0 Å². The van der Waals surface area contributed by atoms with Crippen LogP contribution in [0.3, 0.4) is 0 Å². The van der Waals surface area contributed by atoms with Crippen LogP contribution in [0.2, 0.25) is 0 Å². The van der Waals surface area contributed by atoms with Gasteiger partial charge in [0.2, 0.25) is 0 Å². The average molecular weight is 256 g/mol. The Labute approximate surface area is 107 Å². The summed E-state index contributed by atoms with van der Waals surface area (Å²) < 4.78 is 16.0. The maximum atomic E-state index is 10.8. The van der Waals surface area contributed by atoms with Crippen molar-refractivity contribution in [2.45, 2.75) is 39.4 Å². The van der Waals surface area contributed by atoms with Gasteiger partial charge in [-0.3, -0.25) is 0 Å². The minimum absolute atomic E-state index is 0.186. The van der Waals surface area contributed by atoms with Gasteiger partial charge in [-0.1, -0.05) is 0 Å². The van der Waals surface area contributed by atoms with E-state index in [-0.39, 0.29) is 17.8 Å². The van der Waals surface area contributed by atoms with Gasteiger partial charge in [0.05, 0.1) is 5.60 Å². The number of methoxy groups -OCH3 is 1. The smallest absolute Gasteiger partial charge is 0.339 e. The molecule has 5 nitrogen and oxygen atoms in total. The number of carbonyl (C=O) groups is 1. The Hall–Kier alpha value is -1.33. The molecule has 0 atom stereocenters. The summed E-state index contributed by atoms with van der Waals surface area (Å²) in [6, 6.07) is 1.50. The zero-order valence-corrected chi connectivity index (χ0v) is 11.3. The molecule has 1 heterocycles. The highest BCUT2D eigenvalue weighted by Gasteiger charge is 2.16. The first-order valence-corrected chi connectivity index (χ1v) is 5.81. The second-order valence-corrected chi connectivity index (χ2v) is 4.75. The number of ether oxygens (including phenoxy) is 2. The third kappa shape index (κ3) is 4.16. The topological polar surface area (TPSA) is 68.9 Å². The van der Waals surface area contributed by atoms with E-state index < -0.39 is 5.97 Å². The highest BCUT2D eigenvalue weighted by Crippen LogP contribution is 2.17. The normalized spacial score (nSPS) is 11.8. The molecule has 1 rings (SSSR count). The predicted molar refractivity (Wildman–Crippen MR) is 65.8 cm³/mol. The van der Waals surface area contributed by atoms with Gasteiger partial charge >= 0.3 is 5.97 Å². The van der Waals surface area contributed by atoms with Crippen LogP contribution in [0.1, 0.15) is 42.1 Å². The van der Waals surface area contributed by atoms with Crippen LogP contribution < -0.4 is 0 Å². The second-order valence-electron chi connectivity index (χ2n) is 4.75. The Morgan fingerprint density at radius 2 is 2.17 bits per heavy atom. The van der Waals surface area contributed by atoms with Crippen molar-refractivity contribution in [1.29, 1.82) is 0 Å². The van der Waals surface area contributed by atoms with E-state index in [9.17, 15) is 4.79 Å². The third-order valence-corrected chi connectivity index (χ3v) is 2.84. The zero-order valence-electron chi connectivity index (χ0n) is 11.3. The molecule has 18 heavy (non-hydrogen) atoms. The van der Waals surface area contributed by atoms with Crippen LogP contribution >= 0.6 is 0 Å². The summed E-state index contributed by atoms with van der Waals surface area (Å²) in [5.41, 5.74) is -0.0310. The number of carboxylic acid groups (broad SMARTS) is 1. The van der Waals surface area contributed by atoms with Gasteiger partial charge < -0.3 is 19.0 Å². The molecule has 0 bridgehead atoms. The molecule has 0 saturated carbocycles. The van der Waals surface area contributed by atoms with Gasteiger partial charge in [-0.2, -0.15) is 0 Å². The monoisotopic (exact) mass is 256 g/mol. The van der Waals surface area contributed by atoms with Crippen LogP contribution in [0.4, 0.5) is 0 Å². The van der Waals surface area contributed by atoms with E-state index in [2.05, 4.69) is 0 Å². The zero-order chi connectivity index (χ0) is 13.8. The molecule has 0 fully saturated rings. The van der Waals surface area contributed by atoms with E-state index >= 15 is 0 Å². The van der Waals surface area contributed by atoms with Crippen molar-refractivity contribution < 1.29 is 23.8 Å². The highest BCUT2D eigenvalue weighted by atomic mass is 16.5. The molecule has 1 N–H and O–H groups in total. The molecule has 5 heteroatoms. The summed E-state index contributed by atoms with van der Waals surface area (Å²) in [5.74, 6) is -0.0542. The summed E-state index contributed by atoms with van der Waals surface area (Å²) in [6.07, 6.45) is 0.759. The van der Waals surface area contributed by atoms with E-state index in [1.54, 1.807) is 14.0 Å². The molecule has 0 aromatic carbocycles. The van der Waals surface area contributed by atoms with Gasteiger partial charge in [0, 0.05) is 13.7 Å². The number of hydrogen-bond donors (Lipinski definition) is 1. The molecule has 0 saturated heterocycles. The maximum Gasteiger partial charge on any atom is 0.339 e. The van der Waals surface area contributed by atoms with E-state index in [0.717, 1.165) is 6.42 Å². The van der Waals surface area contributed by atoms with E-state index in [1.807, 2.05) is 13.8 Å². The molecule has 0 aliphatic rings. The molecule has 0 aliphatic carbocycles. The lowest BCUT2D eigenvalue weighted by Crippen LogP contribution is -2.24. The van der Waals surface area contributed by atoms with Gasteiger partial charge in [0.15, 0.2) is 0 Å². The summed E-state index contributed by atoms with van der Waals surface area (Å²) in [6.45, 7) is 6.39. The fraction of sp³-hybridized carbons (Fsp3) is 0.615. The lowest BCUT2D eigenvalue weighted by atomic mass is 10.1. The van der Waals surface area contributed by atoms with Gasteiger partial charge in [0.25, 0.3) is 0 Å². The van der Waals surface area contributed by atoms with Crippen LogP contribution in [-0.4, -0.2) is 30.4 Å². The quantitative estimate of drug-likeness (QED) is 0.759. The Balaban J connectivity index is 2.41. The first kappa shape index (κ1) is 14.7. The third-order valence-electron chi connectivity index (χ3n) is 2.84. The number of furan rings is 1. The van der Waals surface area contributed by atoms with Crippen molar-refractivity contribution in [3.05, 3.63) is 23.2 Å². The van der Waals surface area contributed by atoms with Crippen LogP contribution in [0, 0.1) is 6.92 Å². The van der Waals surface area contributed by atoms with Gasteiger partial charge in [-0.25, -0.2) is 4.79 Å². The highest BCUT2D eigenvalue weighted by molar-refractivity contribution is 5.88. The predicted octanol–water partition coefficient (Wildman–Crippen LogP) is 2.62. The van der Waals surface area contributed by atoms with Crippen LogP contribution in [0.25, 0.3) is 0 Å². The summed E-state index contributed by atoms with van der Waals surface area (Å²) in [7, 11) is 1.66. The summed E-state index contributed by atoms with van der Waals surface area (Å²) in [4.78, 5) is 10.8. The van der Waals surface area contributed by atoms with Gasteiger partial charge in [-0.05, 0) is 33.3 Å². The van der Waals surface area contributed by atoms with E-state index in [4.69, 9.17) is 19.0 Å². The Bertz CT molecular complexity index is 406. The molecule has 0 amide bonds. The molecule has 0 unspecified atom stereocenters. The van der Waals surface area contributed by atoms with Crippen molar-refractivity contribution >= 4 is 5.97 Å². The Morgan fingerprint density at radius 1 is 1.50 bits per heavy atom. The van der Waals surface area contributed by atoms with Crippen molar-refractivity contribution in [2.75, 3.05) is 13.7 Å². The molecule has 0 radical (unpaired) electrons. The Morgan fingerprint density at radius 3 is 2.67 bits per heavy atom. The number of aryl methyl sites for hydroxylation is 1. The van der Waals surface area contributed by atoms with Crippen molar-refractivity contribution in [3.8, 4) is 0 Å². The molecular weight excluding hydrogens is 236 g/mol. The molecule has 1 aromatic rings. The first-order valence-electron chi connectivity index (χ1n) is 5.81. The second kappa shape index (κ2) is 6.02. The lowest BCUT2D eigenvalue weighted by molar-refractivity contribution is -0.0144. The molecule has 0 spiro atoms. The fourth-order valence-corrected chi connectivity index (χ4v) is 1.42. The van der Waals surface area contributed by atoms with Gasteiger partial charge in [0.1, 0.15) is 23.7 Å². The number of aromatic carboxylic acids is 1. The molecule has 102 valence electrons. The molecule has 0 aliphatic heterocycles. The van der Waals surface area contributed by atoms with Crippen molar-refractivity contribution in [3.63, 3.8) is 0 Å². The standard InChI is InChI=1S/C13H20O5/c1-9-11(12(14)15)7-10(18-9)8-17-6-5-13(2,3)16-4/h7H,5-6,8H2,1-4H3,(H,14,15). The summed E-state index contributed by atoms with van der Waals surface area (Å²) in [5, 5.41) is 8.87. The van der Waals surface area contributed by atoms with Crippen LogP contribution in [0.15, 0.2) is 10.5 Å². The first-order chi connectivity index (χ1) is 8.35. The lowest BCUT2D eigenvalue weighted by Gasteiger charge is -2.22. The summed E-state index contributed by atoms with van der Waals surface area (Å²) >= 11 is 0. The maximum absolute atomic E-state index is 10.8. The van der Waals surface area contributed by atoms with Crippen LogP contribution in [0.5, 0.6) is 0 Å². The van der Waals surface area contributed by atoms with Gasteiger partial charge in [-0.15, -0.1) is 0 Å². The minimum atomic E-state index is -0.983. The Kier molecular flexibility index (Phi) is 4.93. The van der Waals surface area contributed by atoms with E-state index in [1.165, 1.54) is 6.07 Å². The number of carboxylic acids is 1. The SMILES string of the molecule is COC(C)(C)CCOCc1cc(C(=O)O)c(C)o1. The van der Waals surface area contributed by atoms with E-state index in [0.29, 0.717) is 18.1 Å². The van der Waals surface area contributed by atoms with Crippen molar-refractivity contribution in [1.82, 2.24) is 0 Å². The number of rotatable bonds is 7. The minimum Gasteiger partial charge on any atom is -0.478 e. The number of hydrogen-bond acceptors (Lipinski definition) is 4. The largest absolute Gasteiger partial charge is 0.478 e.